The summed E-state index contributed by atoms with van der Waals surface area (Å²) in [7, 11) is 0. The molecule has 0 aliphatic carbocycles. The maximum absolute atomic E-state index is 9.07. The van der Waals surface area contributed by atoms with Gasteiger partial charge >= 0.3 is 0 Å². The Labute approximate surface area is 111 Å². The first kappa shape index (κ1) is 15.1. The Hall–Kier alpha value is -0.930. The summed E-state index contributed by atoms with van der Waals surface area (Å²) in [5.41, 5.74) is 2.34. The van der Waals surface area contributed by atoms with Crippen molar-refractivity contribution in [1.29, 1.82) is 0 Å². The van der Waals surface area contributed by atoms with Crippen LogP contribution in [-0.2, 0) is 6.54 Å². The normalized spacial score (nSPS) is 12.9. The molecular weight excluding hydrogens is 224 g/mol. The van der Waals surface area contributed by atoms with Gasteiger partial charge in [0, 0.05) is 25.0 Å². The maximum Gasteiger partial charge on any atom is 0.0434 e. The first-order valence-electron chi connectivity index (χ1n) is 6.85. The second-order valence-electron chi connectivity index (χ2n) is 5.39. The molecule has 102 valence electrons. The van der Waals surface area contributed by atoms with Crippen LogP contribution in [0.15, 0.2) is 18.3 Å². The minimum absolute atomic E-state index is 0.283. The summed E-state index contributed by atoms with van der Waals surface area (Å²) < 4.78 is 0. The molecule has 2 N–H and O–H groups in total. The van der Waals surface area contributed by atoms with Gasteiger partial charge in [0.25, 0.3) is 0 Å². The maximum atomic E-state index is 9.07. The lowest BCUT2D eigenvalue weighted by Crippen LogP contribution is -2.24. The van der Waals surface area contributed by atoms with Crippen LogP contribution in [0.3, 0.4) is 0 Å². The summed E-state index contributed by atoms with van der Waals surface area (Å²) in [6.07, 6.45) is 3.88. The number of rotatable bonds is 8. The van der Waals surface area contributed by atoms with E-state index in [9.17, 15) is 0 Å². The van der Waals surface area contributed by atoms with E-state index in [1.54, 1.807) is 0 Å². The van der Waals surface area contributed by atoms with Crippen molar-refractivity contribution in [2.24, 2.45) is 11.8 Å². The molecule has 0 bridgehead atoms. The van der Waals surface area contributed by atoms with Crippen molar-refractivity contribution < 1.29 is 5.11 Å². The highest BCUT2D eigenvalue weighted by Gasteiger charge is 2.10. The number of hydrogen-bond donors (Lipinski definition) is 2. The molecule has 0 saturated carbocycles. The standard InChI is InChI=1S/C15H26N2O/c1-12(2)9-14(6-8-18)10-16-11-15-5-4-7-17-13(15)3/h4-5,7,12,14,16,18H,6,8-11H2,1-3H3. The predicted octanol–water partition coefficient (Wildman–Crippen LogP) is 2.52. The van der Waals surface area contributed by atoms with E-state index < -0.39 is 0 Å². The van der Waals surface area contributed by atoms with Crippen LogP contribution in [0.2, 0.25) is 0 Å². The van der Waals surface area contributed by atoms with Gasteiger partial charge in [-0.1, -0.05) is 19.9 Å². The van der Waals surface area contributed by atoms with E-state index in [4.69, 9.17) is 5.11 Å². The smallest absolute Gasteiger partial charge is 0.0434 e. The third-order valence-electron chi connectivity index (χ3n) is 3.21. The average molecular weight is 250 g/mol. The lowest BCUT2D eigenvalue weighted by molar-refractivity contribution is 0.239. The highest BCUT2D eigenvalue weighted by molar-refractivity contribution is 5.17. The summed E-state index contributed by atoms with van der Waals surface area (Å²) in [5.74, 6) is 1.25. The number of aryl methyl sites for hydroxylation is 1. The van der Waals surface area contributed by atoms with Crippen LogP contribution in [0.5, 0.6) is 0 Å². The summed E-state index contributed by atoms with van der Waals surface area (Å²) in [6.45, 7) is 8.61. The van der Waals surface area contributed by atoms with Crippen LogP contribution in [-0.4, -0.2) is 23.2 Å². The van der Waals surface area contributed by atoms with Gasteiger partial charge in [0.05, 0.1) is 0 Å². The van der Waals surface area contributed by atoms with Gasteiger partial charge < -0.3 is 10.4 Å². The monoisotopic (exact) mass is 250 g/mol. The van der Waals surface area contributed by atoms with E-state index in [2.05, 4.69) is 30.2 Å². The summed E-state index contributed by atoms with van der Waals surface area (Å²) in [4.78, 5) is 4.28. The molecule has 0 spiro atoms. The topological polar surface area (TPSA) is 45.2 Å². The quantitative estimate of drug-likeness (QED) is 0.745. The zero-order valence-corrected chi connectivity index (χ0v) is 11.8. The summed E-state index contributed by atoms with van der Waals surface area (Å²) in [5, 5.41) is 12.6. The highest BCUT2D eigenvalue weighted by atomic mass is 16.3. The zero-order chi connectivity index (χ0) is 13.4. The number of hydrogen-bond acceptors (Lipinski definition) is 3. The molecule has 0 aliphatic rings. The molecule has 0 radical (unpaired) electrons. The molecule has 18 heavy (non-hydrogen) atoms. The van der Waals surface area contributed by atoms with Gasteiger partial charge in [-0.05, 0) is 49.8 Å². The lowest BCUT2D eigenvalue weighted by Gasteiger charge is -2.19. The van der Waals surface area contributed by atoms with E-state index >= 15 is 0 Å². The van der Waals surface area contributed by atoms with Crippen molar-refractivity contribution in [3.8, 4) is 0 Å². The molecule has 1 atom stereocenters. The van der Waals surface area contributed by atoms with Gasteiger partial charge in [0.1, 0.15) is 0 Å². The lowest BCUT2D eigenvalue weighted by atomic mass is 9.94. The number of nitrogens with zero attached hydrogens (tertiary/aromatic N) is 1. The minimum atomic E-state index is 0.283. The van der Waals surface area contributed by atoms with E-state index in [-0.39, 0.29) is 6.61 Å². The fraction of sp³-hybridized carbons (Fsp3) is 0.667. The Morgan fingerprint density at radius 2 is 2.17 bits per heavy atom. The van der Waals surface area contributed by atoms with Crippen LogP contribution in [0.1, 0.15) is 37.9 Å². The van der Waals surface area contributed by atoms with Crippen molar-refractivity contribution in [3.05, 3.63) is 29.6 Å². The van der Waals surface area contributed by atoms with Crippen LogP contribution in [0.25, 0.3) is 0 Å². The Morgan fingerprint density at radius 3 is 2.78 bits per heavy atom. The molecule has 0 fully saturated rings. The van der Waals surface area contributed by atoms with Crippen LogP contribution in [0, 0.1) is 18.8 Å². The van der Waals surface area contributed by atoms with Gasteiger partial charge in [-0.15, -0.1) is 0 Å². The first-order valence-corrected chi connectivity index (χ1v) is 6.85. The average Bonchev–Trinajstić information content (AvgIpc) is 2.31. The number of aliphatic hydroxyl groups is 1. The molecule has 1 rings (SSSR count). The SMILES string of the molecule is Cc1ncccc1CNCC(CCO)CC(C)C. The Kier molecular flexibility index (Phi) is 6.91. The van der Waals surface area contributed by atoms with E-state index in [1.807, 2.05) is 19.2 Å². The second-order valence-corrected chi connectivity index (χ2v) is 5.39. The zero-order valence-electron chi connectivity index (χ0n) is 11.8. The van der Waals surface area contributed by atoms with Gasteiger partial charge in [0.2, 0.25) is 0 Å². The minimum Gasteiger partial charge on any atom is -0.396 e. The molecule has 0 aromatic carbocycles. The van der Waals surface area contributed by atoms with Crippen LogP contribution >= 0.6 is 0 Å². The Morgan fingerprint density at radius 1 is 1.39 bits per heavy atom. The number of aliphatic hydroxyl groups excluding tert-OH is 1. The molecule has 1 aromatic heterocycles. The van der Waals surface area contributed by atoms with Gasteiger partial charge in [0.15, 0.2) is 0 Å². The Balaban J connectivity index is 2.36. The highest BCUT2D eigenvalue weighted by Crippen LogP contribution is 2.14. The molecule has 3 heteroatoms. The Bertz CT molecular complexity index is 339. The first-order chi connectivity index (χ1) is 8.63. The van der Waals surface area contributed by atoms with E-state index in [0.29, 0.717) is 11.8 Å². The van der Waals surface area contributed by atoms with Crippen LogP contribution in [0.4, 0.5) is 0 Å². The third kappa shape index (κ3) is 5.61. The third-order valence-corrected chi connectivity index (χ3v) is 3.21. The molecular formula is C15H26N2O. The number of pyridine rings is 1. The second kappa shape index (κ2) is 8.22. The number of nitrogens with one attached hydrogen (secondary N) is 1. The van der Waals surface area contributed by atoms with E-state index in [1.165, 1.54) is 12.0 Å². The largest absolute Gasteiger partial charge is 0.396 e. The summed E-state index contributed by atoms with van der Waals surface area (Å²) >= 11 is 0. The molecule has 1 unspecified atom stereocenters. The molecule has 1 heterocycles. The predicted molar refractivity (Wildman–Crippen MR) is 75.3 cm³/mol. The number of aromatic nitrogens is 1. The molecule has 3 nitrogen and oxygen atoms in total. The molecule has 0 aliphatic heterocycles. The van der Waals surface area contributed by atoms with Crippen molar-refractivity contribution >= 4 is 0 Å². The molecule has 1 aromatic rings. The van der Waals surface area contributed by atoms with E-state index in [0.717, 1.165) is 25.2 Å². The van der Waals surface area contributed by atoms with Gasteiger partial charge in [-0.3, -0.25) is 4.98 Å². The molecule has 0 amide bonds. The van der Waals surface area contributed by atoms with Crippen LogP contribution < -0.4 is 5.32 Å². The van der Waals surface area contributed by atoms with Crippen molar-refractivity contribution in [3.63, 3.8) is 0 Å². The fourth-order valence-corrected chi connectivity index (χ4v) is 2.27. The summed E-state index contributed by atoms with van der Waals surface area (Å²) in [6, 6.07) is 4.09. The van der Waals surface area contributed by atoms with Crippen molar-refractivity contribution in [2.75, 3.05) is 13.2 Å². The fourth-order valence-electron chi connectivity index (χ4n) is 2.27. The van der Waals surface area contributed by atoms with Crippen molar-refractivity contribution in [1.82, 2.24) is 10.3 Å². The van der Waals surface area contributed by atoms with Crippen molar-refractivity contribution in [2.45, 2.75) is 40.2 Å². The van der Waals surface area contributed by atoms with Gasteiger partial charge in [-0.25, -0.2) is 0 Å². The molecule has 0 saturated heterocycles. The van der Waals surface area contributed by atoms with Gasteiger partial charge in [-0.2, -0.15) is 0 Å².